The number of hydrogen-bond acceptors (Lipinski definition) is 14. The van der Waals surface area contributed by atoms with Crippen LogP contribution in [-0.4, -0.2) is 155 Å². The maximum absolute atomic E-state index is 10.5. The van der Waals surface area contributed by atoms with E-state index in [0.29, 0.717) is 50.1 Å². The van der Waals surface area contributed by atoms with E-state index >= 15 is 0 Å². The van der Waals surface area contributed by atoms with Crippen LogP contribution in [0.2, 0.25) is 0 Å². The normalized spacial score (nSPS) is 16.7. The summed E-state index contributed by atoms with van der Waals surface area (Å²) in [5.74, 6) is 3.11. The van der Waals surface area contributed by atoms with Crippen molar-refractivity contribution in [3.8, 4) is 23.0 Å². The van der Waals surface area contributed by atoms with Gasteiger partial charge in [-0.2, -0.15) is 0 Å². The molecule has 4 fully saturated rings. The summed E-state index contributed by atoms with van der Waals surface area (Å²) < 4.78 is 62.1. The minimum atomic E-state index is -0.772. The van der Waals surface area contributed by atoms with E-state index in [-0.39, 0.29) is 36.3 Å². The van der Waals surface area contributed by atoms with Crippen molar-refractivity contribution < 1.29 is 67.1 Å². The van der Waals surface area contributed by atoms with Gasteiger partial charge in [-0.1, -0.05) is 198 Å². The van der Waals surface area contributed by atoms with Crippen LogP contribution >= 0.6 is 0 Å². The molecule has 4 saturated heterocycles. The molecule has 4 atom stereocenters. The van der Waals surface area contributed by atoms with Gasteiger partial charge in [-0.05, 0) is 106 Å². The van der Waals surface area contributed by atoms with Crippen molar-refractivity contribution in [1.82, 2.24) is 0 Å². The predicted molar refractivity (Wildman–Crippen MR) is 362 cm³/mol. The minimum absolute atomic E-state index is 0.134. The van der Waals surface area contributed by atoms with E-state index in [4.69, 9.17) is 52.5 Å². The second-order valence-electron chi connectivity index (χ2n) is 23.8. The molecule has 14 nitrogen and oxygen atoms in total. The second kappa shape index (κ2) is 39.2. The van der Waals surface area contributed by atoms with Crippen LogP contribution in [0.5, 0.6) is 23.0 Å². The maximum atomic E-state index is 10.5. The number of rotatable bonds is 28. The van der Waals surface area contributed by atoms with E-state index < -0.39 is 12.2 Å². The van der Waals surface area contributed by atoms with Crippen LogP contribution in [0.15, 0.2) is 218 Å². The molecule has 4 aliphatic heterocycles. The smallest absolute Gasteiger partial charge is 0.122 e. The summed E-state index contributed by atoms with van der Waals surface area (Å²) in [6.45, 7) is 15.8. The molecule has 0 aromatic heterocycles. The summed E-state index contributed by atoms with van der Waals surface area (Å²) in [6, 6.07) is 74.7. The highest BCUT2D eigenvalue weighted by atomic mass is 16.6. The quantitative estimate of drug-likeness (QED) is 0.0445. The Balaban J connectivity index is 0.000000207. The average molecular weight is 1260 g/mol. The zero-order valence-electron chi connectivity index (χ0n) is 54.9. The third-order valence-electron chi connectivity index (χ3n) is 15.3. The molecule has 4 heterocycles. The summed E-state index contributed by atoms with van der Waals surface area (Å²) >= 11 is 0. The topological polar surface area (TPSA) is 164 Å². The number of epoxide rings is 4. The molecule has 0 aliphatic carbocycles. The Morgan fingerprint density at radius 2 is 0.543 bits per heavy atom. The van der Waals surface area contributed by atoms with Crippen LogP contribution in [0.25, 0.3) is 0 Å². The molecule has 0 saturated carbocycles. The zero-order valence-corrected chi connectivity index (χ0v) is 54.9. The van der Waals surface area contributed by atoms with E-state index in [1.54, 1.807) is 28.4 Å². The van der Waals surface area contributed by atoms with Crippen molar-refractivity contribution in [3.63, 3.8) is 0 Å². The van der Waals surface area contributed by atoms with Gasteiger partial charge in [0, 0.05) is 39.3 Å². The van der Waals surface area contributed by atoms with Crippen molar-refractivity contribution >= 4 is 0 Å². The minimum Gasteiger partial charge on any atom is -0.491 e. The molecule has 492 valence electrons. The maximum Gasteiger partial charge on any atom is 0.122 e. The highest BCUT2D eigenvalue weighted by molar-refractivity contribution is 5.43. The van der Waals surface area contributed by atoms with E-state index in [1.165, 1.54) is 44.5 Å². The number of benzene rings is 8. The molecule has 92 heavy (non-hydrogen) atoms. The molecule has 4 aliphatic rings. The molecule has 12 rings (SSSR count). The number of aliphatic hydroxyl groups is 2. The molecule has 8 aromatic rings. The fraction of sp³-hybridized carbons (Fsp3) is 0.385. The number of aliphatic hydroxyl groups excluding tert-OH is 2. The molecular formula is C78H96O14. The lowest BCUT2D eigenvalue weighted by molar-refractivity contribution is 0.00980. The SMILES string of the molecule is CC(C)(c1ccc(OCC(O)COc2ccc(C(C)(C)c3ccc(OCC4CO4)cc3)cc2)cc1)c1ccc(OCC2CO2)cc1.COCC(O)COC.COCC1CO1.COCC1CO1.c1ccc(Cc2ccccc2)cc1.c1ccc(Cc2ccccc2)cc1. The van der Waals surface area contributed by atoms with Crippen LogP contribution in [0.1, 0.15) is 72.2 Å². The van der Waals surface area contributed by atoms with Gasteiger partial charge in [0.05, 0.1) is 52.9 Å². The van der Waals surface area contributed by atoms with Crippen molar-refractivity contribution in [1.29, 1.82) is 0 Å². The fourth-order valence-electron chi connectivity index (χ4n) is 9.33. The van der Waals surface area contributed by atoms with Crippen LogP contribution < -0.4 is 18.9 Å². The van der Waals surface area contributed by atoms with Crippen LogP contribution in [0.3, 0.4) is 0 Å². The fourth-order valence-corrected chi connectivity index (χ4v) is 9.33. The van der Waals surface area contributed by atoms with Crippen molar-refractivity contribution in [2.45, 2.75) is 88.0 Å². The largest absolute Gasteiger partial charge is 0.491 e. The number of ether oxygens (including phenoxy) is 12. The molecule has 8 aromatic carbocycles. The van der Waals surface area contributed by atoms with Crippen molar-refractivity contribution in [2.75, 3.05) is 108 Å². The van der Waals surface area contributed by atoms with Gasteiger partial charge in [0.2, 0.25) is 0 Å². The van der Waals surface area contributed by atoms with Crippen molar-refractivity contribution in [2.24, 2.45) is 0 Å². The summed E-state index contributed by atoms with van der Waals surface area (Å²) in [5, 5.41) is 19.3. The predicted octanol–water partition coefficient (Wildman–Crippen LogP) is 13.0. The van der Waals surface area contributed by atoms with E-state index in [1.807, 2.05) is 48.5 Å². The molecule has 4 unspecified atom stereocenters. The van der Waals surface area contributed by atoms with E-state index in [0.717, 1.165) is 64.0 Å². The number of hydrogen-bond donors (Lipinski definition) is 2. The first kappa shape index (κ1) is 72.0. The first-order chi connectivity index (χ1) is 44.7. The molecule has 2 N–H and O–H groups in total. The van der Waals surface area contributed by atoms with Gasteiger partial charge >= 0.3 is 0 Å². The Morgan fingerprint density at radius 1 is 0.315 bits per heavy atom. The van der Waals surface area contributed by atoms with E-state index in [2.05, 4.69) is 207 Å². The monoisotopic (exact) mass is 1260 g/mol. The lowest BCUT2D eigenvalue weighted by Crippen LogP contribution is -2.25. The Hall–Kier alpha value is -7.44. The molecule has 0 bridgehead atoms. The molecule has 0 amide bonds. The molecule has 0 radical (unpaired) electrons. The average Bonchev–Trinajstić information content (AvgIpc) is 1.60. The van der Waals surface area contributed by atoms with Gasteiger partial charge < -0.3 is 67.1 Å². The summed E-state index contributed by atoms with van der Waals surface area (Å²) in [7, 11) is 6.45. The van der Waals surface area contributed by atoms with Crippen LogP contribution in [-0.2, 0) is 61.6 Å². The molecule has 0 spiro atoms. The summed E-state index contributed by atoms with van der Waals surface area (Å²) in [4.78, 5) is 0. The third-order valence-corrected chi connectivity index (χ3v) is 15.3. The van der Waals surface area contributed by atoms with Crippen molar-refractivity contribution in [3.05, 3.63) is 263 Å². The van der Waals surface area contributed by atoms with E-state index in [9.17, 15) is 5.11 Å². The lowest BCUT2D eigenvalue weighted by atomic mass is 9.78. The van der Waals surface area contributed by atoms with Gasteiger partial charge in [-0.15, -0.1) is 0 Å². The first-order valence-corrected chi connectivity index (χ1v) is 31.6. The van der Waals surface area contributed by atoms with Gasteiger partial charge in [0.25, 0.3) is 0 Å². The van der Waals surface area contributed by atoms with Gasteiger partial charge in [-0.25, -0.2) is 0 Å². The standard InChI is InChI=1S/C39H44O7.2C13H12.C5H12O3.2C4H8O2/c1-38(2,29-9-17-34(18-10-29)43-23-36-25-45-36)27-5-13-32(14-6-27)41-21-31(40)22-42-33-15-7-28(8-16-33)39(3,4)30-11-19-35(20-12-30)44-24-37-26-46-37;2*1-3-7-12(8-4-1)11-13-9-5-2-6-10-13;1-7-3-5(6)4-8-2;2*1-5-2-4-3-6-4/h5-20,31,36-37,40H,21-26H2,1-4H3;2*1-10H,11H2;5-6H,3-4H2,1-2H3;2*4H,2-3H2,1H3. The van der Waals surface area contributed by atoms with Gasteiger partial charge in [0.1, 0.15) is 86.0 Å². The Morgan fingerprint density at radius 3 is 0.761 bits per heavy atom. The van der Waals surface area contributed by atoms with Crippen LogP contribution in [0.4, 0.5) is 0 Å². The summed E-state index contributed by atoms with van der Waals surface area (Å²) in [5.41, 5.74) is 9.81. The first-order valence-electron chi connectivity index (χ1n) is 31.6. The Bertz CT molecular complexity index is 2880. The highest BCUT2D eigenvalue weighted by Crippen LogP contribution is 2.35. The number of methoxy groups -OCH3 is 4. The third kappa shape index (κ3) is 27.8. The lowest BCUT2D eigenvalue weighted by Gasteiger charge is -2.26. The highest BCUT2D eigenvalue weighted by Gasteiger charge is 2.27. The summed E-state index contributed by atoms with van der Waals surface area (Å²) in [6.07, 6.45) is 2.14. The Labute approximate surface area is 546 Å². The van der Waals surface area contributed by atoms with Gasteiger partial charge in [-0.3, -0.25) is 0 Å². The van der Waals surface area contributed by atoms with Gasteiger partial charge in [0.15, 0.2) is 0 Å². The second-order valence-corrected chi connectivity index (χ2v) is 23.8. The zero-order chi connectivity index (χ0) is 65.2. The molecule has 14 heteroatoms. The van der Waals surface area contributed by atoms with Crippen LogP contribution in [0, 0.1) is 0 Å². The Kier molecular flexibility index (Phi) is 30.7. The molecular weight excluding hydrogens is 1160 g/mol.